The minimum Gasteiger partial charge on any atom is -0.494 e. The highest BCUT2D eigenvalue weighted by Gasteiger charge is 2.63. The van der Waals surface area contributed by atoms with Gasteiger partial charge in [0.2, 0.25) is 0 Å². The molecular formula is C32H50N2O2. The summed E-state index contributed by atoms with van der Waals surface area (Å²) in [5.41, 5.74) is 3.74. The van der Waals surface area contributed by atoms with E-state index in [0.717, 1.165) is 49.4 Å². The Labute approximate surface area is 219 Å². The molecule has 6 aliphatic rings. The van der Waals surface area contributed by atoms with Crippen molar-refractivity contribution in [1.29, 1.82) is 0 Å². The SMILES string of the molecule is CC1=C(CC[C@@H](C)CN2CCN(C)CC2)O[C@H]2C[C@H]3[C@@H]4CC=C5CC(=O)CC[C@]5(C)[C@H]4CC[C@]3(C)[C@@H]12. The van der Waals surface area contributed by atoms with Gasteiger partial charge in [0.25, 0.3) is 0 Å². The minimum absolute atomic E-state index is 0.271. The van der Waals surface area contributed by atoms with Crippen LogP contribution in [0.15, 0.2) is 23.0 Å². The van der Waals surface area contributed by atoms with Gasteiger partial charge < -0.3 is 14.5 Å². The lowest BCUT2D eigenvalue weighted by Crippen LogP contribution is -2.50. The number of likely N-dealkylation sites (N-methyl/N-ethyl adjacent to an activating group) is 1. The molecule has 200 valence electrons. The Bertz CT molecular complexity index is 946. The number of carbonyl (C=O) groups excluding carboxylic acids is 1. The molecule has 0 N–H and O–H groups in total. The number of ether oxygens (including phenoxy) is 1. The second kappa shape index (κ2) is 9.26. The summed E-state index contributed by atoms with van der Waals surface area (Å²) in [7, 11) is 2.24. The molecule has 0 bridgehead atoms. The first-order valence-corrected chi connectivity index (χ1v) is 15.2. The van der Waals surface area contributed by atoms with Gasteiger partial charge in [-0.15, -0.1) is 0 Å². The van der Waals surface area contributed by atoms with E-state index in [1.54, 1.807) is 5.57 Å². The first-order valence-electron chi connectivity index (χ1n) is 15.2. The van der Waals surface area contributed by atoms with Crippen molar-refractivity contribution in [3.05, 3.63) is 23.0 Å². The summed E-state index contributed by atoms with van der Waals surface area (Å²) in [5.74, 6) is 5.47. The van der Waals surface area contributed by atoms with Crippen LogP contribution in [0.2, 0.25) is 0 Å². The number of allylic oxidation sites excluding steroid dienone is 3. The summed E-state index contributed by atoms with van der Waals surface area (Å²) < 4.78 is 6.83. The number of nitrogens with zero attached hydrogens (tertiary/aromatic N) is 2. The Balaban J connectivity index is 1.12. The van der Waals surface area contributed by atoms with Crippen LogP contribution >= 0.6 is 0 Å². The first kappa shape index (κ1) is 25.2. The van der Waals surface area contributed by atoms with E-state index < -0.39 is 0 Å². The highest BCUT2D eigenvalue weighted by molar-refractivity contribution is 5.82. The third kappa shape index (κ3) is 4.04. The Hall–Kier alpha value is -1.13. The fourth-order valence-electron chi connectivity index (χ4n) is 10.0. The molecule has 2 aliphatic heterocycles. The molecule has 0 amide bonds. The van der Waals surface area contributed by atoms with Crippen molar-refractivity contribution in [3.63, 3.8) is 0 Å². The van der Waals surface area contributed by atoms with E-state index in [9.17, 15) is 4.79 Å². The first-order chi connectivity index (χ1) is 17.2. The van der Waals surface area contributed by atoms with Crippen molar-refractivity contribution in [2.24, 2.45) is 40.4 Å². The fraction of sp³-hybridized carbons (Fsp3) is 0.844. The van der Waals surface area contributed by atoms with Gasteiger partial charge in [0.05, 0.1) is 5.76 Å². The number of ketones is 1. The number of hydrogen-bond acceptors (Lipinski definition) is 4. The lowest BCUT2D eigenvalue weighted by atomic mass is 9.47. The predicted octanol–water partition coefficient (Wildman–Crippen LogP) is 6.08. The molecule has 36 heavy (non-hydrogen) atoms. The molecule has 4 heteroatoms. The van der Waals surface area contributed by atoms with E-state index >= 15 is 0 Å². The monoisotopic (exact) mass is 494 g/mol. The van der Waals surface area contributed by atoms with Crippen LogP contribution in [0, 0.1) is 40.4 Å². The molecule has 0 unspecified atom stereocenters. The molecule has 3 saturated carbocycles. The van der Waals surface area contributed by atoms with E-state index in [-0.39, 0.29) is 5.41 Å². The Morgan fingerprint density at radius 3 is 2.69 bits per heavy atom. The number of rotatable bonds is 5. The molecule has 0 aromatic carbocycles. The van der Waals surface area contributed by atoms with Gasteiger partial charge in [0, 0.05) is 57.9 Å². The van der Waals surface area contributed by atoms with Gasteiger partial charge >= 0.3 is 0 Å². The molecule has 0 aromatic rings. The van der Waals surface area contributed by atoms with Gasteiger partial charge in [-0.1, -0.05) is 32.4 Å². The van der Waals surface area contributed by atoms with E-state index in [0.29, 0.717) is 23.2 Å². The number of Topliss-reactive ketones (excluding diaryl/α,β-unsaturated/α-hetero) is 1. The molecule has 8 atom stereocenters. The summed E-state index contributed by atoms with van der Waals surface area (Å²) in [6.45, 7) is 16.1. The maximum atomic E-state index is 12.2. The molecule has 6 rings (SSSR count). The Morgan fingerprint density at radius 2 is 1.92 bits per heavy atom. The van der Waals surface area contributed by atoms with Crippen molar-refractivity contribution >= 4 is 5.78 Å². The van der Waals surface area contributed by atoms with Gasteiger partial charge in [-0.05, 0) is 92.6 Å². The summed E-state index contributed by atoms with van der Waals surface area (Å²) in [6.07, 6.45) is 13.0. The zero-order chi connectivity index (χ0) is 25.2. The van der Waals surface area contributed by atoms with Crippen LogP contribution in [-0.4, -0.2) is 61.5 Å². The summed E-state index contributed by atoms with van der Waals surface area (Å²) in [6, 6.07) is 0. The van der Waals surface area contributed by atoms with Gasteiger partial charge in [0.1, 0.15) is 11.9 Å². The fourth-order valence-corrected chi connectivity index (χ4v) is 10.0. The van der Waals surface area contributed by atoms with E-state index in [4.69, 9.17) is 4.74 Å². The smallest absolute Gasteiger partial charge is 0.136 e. The van der Waals surface area contributed by atoms with Crippen molar-refractivity contribution in [1.82, 2.24) is 9.80 Å². The van der Waals surface area contributed by atoms with Crippen molar-refractivity contribution < 1.29 is 9.53 Å². The van der Waals surface area contributed by atoms with Crippen molar-refractivity contribution in [2.75, 3.05) is 39.8 Å². The summed E-state index contributed by atoms with van der Waals surface area (Å²) >= 11 is 0. The van der Waals surface area contributed by atoms with Gasteiger partial charge in [-0.25, -0.2) is 0 Å². The summed E-state index contributed by atoms with van der Waals surface area (Å²) in [5, 5.41) is 0. The van der Waals surface area contributed by atoms with Crippen molar-refractivity contribution in [3.8, 4) is 0 Å². The number of fused-ring (bicyclic) bond motifs is 7. The van der Waals surface area contributed by atoms with Crippen LogP contribution in [0.5, 0.6) is 0 Å². The molecule has 0 aromatic heterocycles. The van der Waals surface area contributed by atoms with Crippen LogP contribution in [0.3, 0.4) is 0 Å². The largest absolute Gasteiger partial charge is 0.494 e. The van der Waals surface area contributed by atoms with E-state index in [1.165, 1.54) is 76.2 Å². The zero-order valence-corrected chi connectivity index (χ0v) is 23.7. The maximum absolute atomic E-state index is 12.2. The Kier molecular flexibility index (Phi) is 6.47. The highest BCUT2D eigenvalue weighted by atomic mass is 16.5. The predicted molar refractivity (Wildman–Crippen MR) is 145 cm³/mol. The lowest BCUT2D eigenvalue weighted by Gasteiger charge is -2.57. The second-order valence-electron chi connectivity index (χ2n) is 14.2. The number of hydrogen-bond donors (Lipinski definition) is 0. The standard InChI is InChI=1S/C32H50N2O2/c1-21(20-34-16-14-33(5)15-17-34)6-9-28-22(2)30-29(36-28)19-27-25-8-7-23-18-24(35)10-12-31(23,3)26(25)11-13-32(27,30)4/h7,21,25-27,29-30H,6,8-20H2,1-5H3/t21-,25-,26+,27+,29+,30+,31+,32+/m1/s1. The van der Waals surface area contributed by atoms with E-state index in [2.05, 4.69) is 50.6 Å². The van der Waals surface area contributed by atoms with Gasteiger partial charge in [-0.3, -0.25) is 4.79 Å². The molecular weight excluding hydrogens is 444 g/mol. The van der Waals surface area contributed by atoms with Crippen LogP contribution < -0.4 is 0 Å². The normalized spacial score (nSPS) is 43.9. The van der Waals surface area contributed by atoms with Crippen LogP contribution in [0.4, 0.5) is 0 Å². The molecule has 1 saturated heterocycles. The topological polar surface area (TPSA) is 32.8 Å². The molecule has 0 radical (unpaired) electrons. The van der Waals surface area contributed by atoms with Gasteiger partial charge in [-0.2, -0.15) is 0 Å². The average Bonchev–Trinajstić information content (AvgIpc) is 3.33. The number of carbonyl (C=O) groups is 1. The molecule has 4 nitrogen and oxygen atoms in total. The molecule has 2 heterocycles. The van der Waals surface area contributed by atoms with Gasteiger partial charge in [0.15, 0.2) is 0 Å². The quantitative estimate of drug-likeness (QED) is 0.434. The minimum atomic E-state index is 0.271. The third-order valence-corrected chi connectivity index (χ3v) is 12.2. The van der Waals surface area contributed by atoms with Crippen LogP contribution in [0.25, 0.3) is 0 Å². The van der Waals surface area contributed by atoms with Crippen LogP contribution in [0.1, 0.15) is 85.5 Å². The number of piperazine rings is 1. The molecule has 4 aliphatic carbocycles. The Morgan fingerprint density at radius 1 is 1.14 bits per heavy atom. The molecule has 0 spiro atoms. The van der Waals surface area contributed by atoms with Crippen molar-refractivity contribution in [2.45, 2.75) is 91.6 Å². The highest BCUT2D eigenvalue weighted by Crippen LogP contribution is 2.68. The molecule has 4 fully saturated rings. The van der Waals surface area contributed by atoms with Crippen LogP contribution in [-0.2, 0) is 9.53 Å². The maximum Gasteiger partial charge on any atom is 0.136 e. The second-order valence-corrected chi connectivity index (χ2v) is 14.2. The average molecular weight is 495 g/mol. The lowest BCUT2D eigenvalue weighted by molar-refractivity contribution is -0.122. The third-order valence-electron chi connectivity index (χ3n) is 12.2. The summed E-state index contributed by atoms with van der Waals surface area (Å²) in [4.78, 5) is 17.3. The van der Waals surface area contributed by atoms with E-state index in [1.807, 2.05) is 0 Å². The zero-order valence-electron chi connectivity index (χ0n) is 23.7.